The molecule has 2 aromatic heterocycles. The zero-order valence-electron chi connectivity index (χ0n) is 14.9. The van der Waals surface area contributed by atoms with Gasteiger partial charge in [0.25, 0.3) is 0 Å². The van der Waals surface area contributed by atoms with E-state index in [1.807, 2.05) is 72.8 Å². The number of H-pyrrole nitrogens is 1. The van der Waals surface area contributed by atoms with Crippen LogP contribution in [0.1, 0.15) is 5.56 Å². The third kappa shape index (κ3) is 3.42. The van der Waals surface area contributed by atoms with Gasteiger partial charge >= 0.3 is 0 Å². The molecule has 0 spiro atoms. The molecular weight excluding hydrogens is 368 g/mol. The molecule has 0 saturated carbocycles. The Bertz CT molecular complexity index is 1250. The molecule has 0 saturated heterocycles. The third-order valence-corrected chi connectivity index (χ3v) is 5.26. The first kappa shape index (κ1) is 16.8. The Morgan fingerprint density at radius 1 is 0.821 bits per heavy atom. The van der Waals surface area contributed by atoms with Crippen molar-refractivity contribution in [2.75, 3.05) is 0 Å². The average Bonchev–Trinajstić information content (AvgIpc) is 3.11. The highest BCUT2D eigenvalue weighted by Crippen LogP contribution is 2.27. The van der Waals surface area contributed by atoms with Gasteiger partial charge in [-0.15, -0.1) is 10.2 Å². The molecule has 0 amide bonds. The summed E-state index contributed by atoms with van der Waals surface area (Å²) in [4.78, 5) is 7.93. The van der Waals surface area contributed by atoms with Gasteiger partial charge in [0.05, 0.1) is 0 Å². The maximum Gasteiger partial charge on any atom is 0.211 e. The van der Waals surface area contributed by atoms with Crippen molar-refractivity contribution in [1.29, 1.82) is 0 Å². The van der Waals surface area contributed by atoms with E-state index in [9.17, 15) is 0 Å². The number of ether oxygens (including phenoxy) is 1. The van der Waals surface area contributed by atoms with Gasteiger partial charge in [-0.2, -0.15) is 0 Å². The van der Waals surface area contributed by atoms with Gasteiger partial charge < -0.3 is 9.72 Å². The summed E-state index contributed by atoms with van der Waals surface area (Å²) < 4.78 is 5.90. The van der Waals surface area contributed by atoms with Crippen LogP contribution >= 0.6 is 11.8 Å². The quantitative estimate of drug-likeness (QED) is 0.400. The summed E-state index contributed by atoms with van der Waals surface area (Å²) in [5.74, 6) is 2.37. The molecule has 1 N–H and O–H groups in total. The first-order valence-electron chi connectivity index (χ1n) is 8.91. The standard InChI is InChI=1S/C22H16N4OS/c1-2-8-16(9-3-1)27-17-10-6-7-15(13-17)14-28-22-24-21-20(25-26-22)18-11-4-5-12-19(18)23-21/h1-13H,14H2,(H,23,24,26). The average molecular weight is 384 g/mol. The summed E-state index contributed by atoms with van der Waals surface area (Å²) in [6.45, 7) is 0. The fraction of sp³-hybridized carbons (Fsp3) is 0.0455. The fourth-order valence-electron chi connectivity index (χ4n) is 3.04. The van der Waals surface area contributed by atoms with E-state index in [1.165, 1.54) is 0 Å². The van der Waals surface area contributed by atoms with Crippen molar-refractivity contribution in [3.8, 4) is 11.5 Å². The van der Waals surface area contributed by atoms with Crippen molar-refractivity contribution in [2.45, 2.75) is 10.9 Å². The molecule has 0 fully saturated rings. The van der Waals surface area contributed by atoms with Crippen LogP contribution in [0, 0.1) is 0 Å². The Morgan fingerprint density at radius 3 is 2.57 bits per heavy atom. The van der Waals surface area contributed by atoms with E-state index in [2.05, 4.69) is 26.2 Å². The van der Waals surface area contributed by atoms with E-state index < -0.39 is 0 Å². The van der Waals surface area contributed by atoms with Crippen molar-refractivity contribution in [3.63, 3.8) is 0 Å². The number of hydrogen-bond donors (Lipinski definition) is 1. The number of fused-ring (bicyclic) bond motifs is 3. The number of aromatic nitrogens is 4. The largest absolute Gasteiger partial charge is 0.457 e. The smallest absolute Gasteiger partial charge is 0.211 e. The van der Waals surface area contributed by atoms with Crippen LogP contribution in [0.15, 0.2) is 84.0 Å². The van der Waals surface area contributed by atoms with Crippen LogP contribution in [0.25, 0.3) is 22.1 Å². The number of nitrogens with one attached hydrogen (secondary N) is 1. The van der Waals surface area contributed by atoms with Crippen LogP contribution in [0.5, 0.6) is 11.5 Å². The van der Waals surface area contributed by atoms with E-state index in [0.29, 0.717) is 5.16 Å². The fourth-order valence-corrected chi connectivity index (χ4v) is 3.77. The lowest BCUT2D eigenvalue weighted by Gasteiger charge is -2.07. The summed E-state index contributed by atoms with van der Waals surface area (Å²) in [5.41, 5.74) is 3.73. The van der Waals surface area contributed by atoms with Crippen LogP contribution in [0.2, 0.25) is 0 Å². The molecule has 5 nitrogen and oxygen atoms in total. The molecule has 2 heterocycles. The highest BCUT2D eigenvalue weighted by Gasteiger charge is 2.09. The molecule has 3 aromatic carbocycles. The van der Waals surface area contributed by atoms with Gasteiger partial charge in [0.15, 0.2) is 5.65 Å². The maximum atomic E-state index is 5.90. The van der Waals surface area contributed by atoms with E-state index >= 15 is 0 Å². The number of hydrogen-bond acceptors (Lipinski definition) is 5. The van der Waals surface area contributed by atoms with Crippen molar-refractivity contribution >= 4 is 33.8 Å². The normalized spacial score (nSPS) is 11.1. The molecule has 0 aliphatic rings. The van der Waals surface area contributed by atoms with E-state index in [1.54, 1.807) is 11.8 Å². The Labute approximate surface area is 165 Å². The van der Waals surface area contributed by atoms with Gasteiger partial charge in [0.2, 0.25) is 5.16 Å². The monoisotopic (exact) mass is 384 g/mol. The number of para-hydroxylation sites is 2. The third-order valence-electron chi connectivity index (χ3n) is 4.35. The molecule has 0 bridgehead atoms. The minimum absolute atomic E-state index is 0.647. The predicted octanol–water partition coefficient (Wildman–Crippen LogP) is 5.59. The van der Waals surface area contributed by atoms with Crippen LogP contribution in [0.4, 0.5) is 0 Å². The second-order valence-corrected chi connectivity index (χ2v) is 7.26. The minimum Gasteiger partial charge on any atom is -0.457 e. The van der Waals surface area contributed by atoms with Gasteiger partial charge in [-0.25, -0.2) is 4.98 Å². The zero-order valence-corrected chi connectivity index (χ0v) is 15.7. The lowest BCUT2D eigenvalue weighted by atomic mass is 10.2. The lowest BCUT2D eigenvalue weighted by Crippen LogP contribution is -1.92. The van der Waals surface area contributed by atoms with Crippen molar-refractivity contribution in [2.24, 2.45) is 0 Å². The van der Waals surface area contributed by atoms with Crippen molar-refractivity contribution in [1.82, 2.24) is 20.2 Å². The second-order valence-electron chi connectivity index (χ2n) is 6.31. The molecule has 28 heavy (non-hydrogen) atoms. The lowest BCUT2D eigenvalue weighted by molar-refractivity contribution is 0.482. The van der Waals surface area contributed by atoms with Crippen molar-refractivity contribution in [3.05, 3.63) is 84.4 Å². The highest BCUT2D eigenvalue weighted by molar-refractivity contribution is 7.98. The SMILES string of the molecule is c1ccc(Oc2cccc(CSc3nnc4c(n3)[nH]c3ccccc34)c2)cc1. The molecule has 0 unspecified atom stereocenters. The topological polar surface area (TPSA) is 63.7 Å². The number of rotatable bonds is 5. The summed E-state index contributed by atoms with van der Waals surface area (Å²) in [6, 6.07) is 25.8. The minimum atomic E-state index is 0.647. The first-order valence-corrected chi connectivity index (χ1v) is 9.89. The Kier molecular flexibility index (Phi) is 4.39. The molecular formula is C22H16N4OS. The maximum absolute atomic E-state index is 5.90. The van der Waals surface area contributed by atoms with Crippen LogP contribution in [-0.4, -0.2) is 20.2 Å². The summed E-state index contributed by atoms with van der Waals surface area (Å²) in [7, 11) is 0. The van der Waals surface area contributed by atoms with E-state index in [0.717, 1.165) is 44.9 Å². The van der Waals surface area contributed by atoms with Gasteiger partial charge in [-0.1, -0.05) is 60.3 Å². The molecule has 5 aromatic rings. The highest BCUT2D eigenvalue weighted by atomic mass is 32.2. The molecule has 0 aliphatic carbocycles. The van der Waals surface area contributed by atoms with Crippen molar-refractivity contribution < 1.29 is 4.74 Å². The predicted molar refractivity (Wildman–Crippen MR) is 112 cm³/mol. The van der Waals surface area contributed by atoms with Gasteiger partial charge in [-0.3, -0.25) is 0 Å². The molecule has 136 valence electrons. The van der Waals surface area contributed by atoms with Crippen LogP contribution in [-0.2, 0) is 5.75 Å². The zero-order chi connectivity index (χ0) is 18.8. The Balaban J connectivity index is 1.33. The van der Waals surface area contributed by atoms with Gasteiger partial charge in [0, 0.05) is 16.7 Å². The number of benzene rings is 3. The van der Waals surface area contributed by atoms with E-state index in [-0.39, 0.29) is 0 Å². The molecule has 5 rings (SSSR count). The van der Waals surface area contributed by atoms with Crippen LogP contribution in [0.3, 0.4) is 0 Å². The second kappa shape index (κ2) is 7.32. The Morgan fingerprint density at radius 2 is 1.64 bits per heavy atom. The van der Waals surface area contributed by atoms with Gasteiger partial charge in [0.1, 0.15) is 17.0 Å². The van der Waals surface area contributed by atoms with E-state index in [4.69, 9.17) is 4.74 Å². The molecule has 0 aliphatic heterocycles. The summed E-state index contributed by atoms with van der Waals surface area (Å²) in [6.07, 6.45) is 0. The number of aromatic amines is 1. The van der Waals surface area contributed by atoms with Gasteiger partial charge in [-0.05, 0) is 35.9 Å². The summed E-state index contributed by atoms with van der Waals surface area (Å²) >= 11 is 1.55. The van der Waals surface area contributed by atoms with Crippen LogP contribution < -0.4 is 4.74 Å². The number of thioether (sulfide) groups is 1. The molecule has 6 heteroatoms. The first-order chi connectivity index (χ1) is 13.8. The summed E-state index contributed by atoms with van der Waals surface area (Å²) in [5, 5.41) is 10.3. The Hall–Kier alpha value is -3.38. The molecule has 0 atom stereocenters. The number of nitrogens with zero attached hydrogens (tertiary/aromatic N) is 3. The molecule has 0 radical (unpaired) electrons.